The lowest BCUT2D eigenvalue weighted by molar-refractivity contribution is 0.316. The predicted molar refractivity (Wildman–Crippen MR) is 61.8 cm³/mol. The Bertz CT molecular complexity index is 486. The fourth-order valence-corrected chi connectivity index (χ4v) is 2.77. The third kappa shape index (κ3) is 2.10. The van der Waals surface area contributed by atoms with E-state index in [2.05, 4.69) is 15.9 Å². The highest BCUT2D eigenvalue weighted by Crippen LogP contribution is 2.35. The van der Waals surface area contributed by atoms with Crippen LogP contribution >= 0.6 is 15.9 Å². The number of halogens is 1. The van der Waals surface area contributed by atoms with E-state index in [4.69, 9.17) is 4.74 Å². The van der Waals surface area contributed by atoms with E-state index in [0.29, 0.717) is 24.6 Å². The van der Waals surface area contributed by atoms with E-state index < -0.39 is 10.0 Å². The Hall–Kier alpha value is -0.750. The number of sulfonamides is 1. The Balaban J connectivity index is 2.55. The van der Waals surface area contributed by atoms with Crippen molar-refractivity contribution in [3.63, 3.8) is 0 Å². The first kappa shape index (κ1) is 10.8. The minimum absolute atomic E-state index is 0.363. The first-order valence-electron chi connectivity index (χ1n) is 4.38. The van der Waals surface area contributed by atoms with Crippen molar-refractivity contribution in [3.8, 4) is 5.75 Å². The van der Waals surface area contributed by atoms with Gasteiger partial charge in [-0.1, -0.05) is 15.9 Å². The third-order valence-corrected chi connectivity index (χ3v) is 3.82. The predicted octanol–water partition coefficient (Wildman–Crippen LogP) is 1.61. The monoisotopic (exact) mass is 291 g/mol. The fraction of sp³-hybridized carbons (Fsp3) is 0.333. The summed E-state index contributed by atoms with van der Waals surface area (Å²) < 4.78 is 30.6. The summed E-state index contributed by atoms with van der Waals surface area (Å²) in [6, 6.07) is 5.33. The summed E-state index contributed by atoms with van der Waals surface area (Å²) in [5, 5.41) is 0. The lowest BCUT2D eigenvalue weighted by Gasteiger charge is -2.29. The lowest BCUT2D eigenvalue weighted by Crippen LogP contribution is -2.37. The van der Waals surface area contributed by atoms with Crippen LogP contribution in [-0.2, 0) is 10.0 Å². The molecule has 0 spiro atoms. The zero-order valence-corrected chi connectivity index (χ0v) is 10.5. The van der Waals surface area contributed by atoms with E-state index in [-0.39, 0.29) is 0 Å². The van der Waals surface area contributed by atoms with E-state index >= 15 is 0 Å². The number of anilines is 1. The molecule has 0 saturated carbocycles. The molecular weight excluding hydrogens is 282 g/mol. The maximum absolute atomic E-state index is 11.5. The van der Waals surface area contributed by atoms with Crippen LogP contribution in [0.4, 0.5) is 5.69 Å². The van der Waals surface area contributed by atoms with Gasteiger partial charge >= 0.3 is 0 Å². The van der Waals surface area contributed by atoms with E-state index in [1.54, 1.807) is 12.1 Å². The molecule has 1 aromatic carbocycles. The molecule has 0 N–H and O–H groups in total. The summed E-state index contributed by atoms with van der Waals surface area (Å²) in [4.78, 5) is 0. The number of hydrogen-bond acceptors (Lipinski definition) is 3. The van der Waals surface area contributed by atoms with E-state index in [1.807, 2.05) is 6.07 Å². The zero-order chi connectivity index (χ0) is 11.1. The SMILES string of the molecule is CS(=O)(=O)N1CCOc2ccc(Br)cc21. The quantitative estimate of drug-likeness (QED) is 0.790. The molecule has 6 heteroatoms. The summed E-state index contributed by atoms with van der Waals surface area (Å²) >= 11 is 3.31. The second-order valence-electron chi connectivity index (χ2n) is 3.30. The Labute approximate surface area is 97.0 Å². The van der Waals surface area contributed by atoms with Crippen LogP contribution in [0.3, 0.4) is 0 Å². The lowest BCUT2D eigenvalue weighted by atomic mass is 10.2. The van der Waals surface area contributed by atoms with Gasteiger partial charge in [0.25, 0.3) is 0 Å². The highest BCUT2D eigenvalue weighted by molar-refractivity contribution is 9.10. The molecule has 0 aromatic heterocycles. The molecule has 0 radical (unpaired) electrons. The summed E-state index contributed by atoms with van der Waals surface area (Å²) in [6.45, 7) is 0.754. The van der Waals surface area contributed by atoms with Crippen molar-refractivity contribution in [2.24, 2.45) is 0 Å². The molecule has 0 amide bonds. The first-order valence-corrected chi connectivity index (χ1v) is 7.03. The van der Waals surface area contributed by atoms with Crippen LogP contribution in [0.25, 0.3) is 0 Å². The number of nitrogens with zero attached hydrogens (tertiary/aromatic N) is 1. The van der Waals surface area contributed by atoms with Crippen molar-refractivity contribution >= 4 is 31.6 Å². The van der Waals surface area contributed by atoms with Gasteiger partial charge in [-0.2, -0.15) is 0 Å². The van der Waals surface area contributed by atoms with Crippen molar-refractivity contribution < 1.29 is 13.2 Å². The molecule has 82 valence electrons. The van der Waals surface area contributed by atoms with Crippen LogP contribution in [0, 0.1) is 0 Å². The molecule has 0 bridgehead atoms. The Morgan fingerprint density at radius 2 is 2.20 bits per heavy atom. The van der Waals surface area contributed by atoms with Crippen LogP contribution in [0.2, 0.25) is 0 Å². The zero-order valence-electron chi connectivity index (χ0n) is 8.10. The van der Waals surface area contributed by atoms with Crippen molar-refractivity contribution in [2.45, 2.75) is 0 Å². The topological polar surface area (TPSA) is 46.6 Å². The summed E-state index contributed by atoms with van der Waals surface area (Å²) in [7, 11) is -3.22. The van der Waals surface area contributed by atoms with Crippen molar-refractivity contribution in [2.75, 3.05) is 23.7 Å². The van der Waals surface area contributed by atoms with Crippen LogP contribution in [-0.4, -0.2) is 27.8 Å². The number of hydrogen-bond donors (Lipinski definition) is 0. The van der Waals surface area contributed by atoms with Gasteiger partial charge in [0.05, 0.1) is 18.5 Å². The van der Waals surface area contributed by atoms with Crippen molar-refractivity contribution in [1.82, 2.24) is 0 Å². The standard InChI is InChI=1S/C9H10BrNO3S/c1-15(12,13)11-4-5-14-9-3-2-7(10)6-8(9)11/h2-3,6H,4-5H2,1H3. The smallest absolute Gasteiger partial charge is 0.232 e. The molecule has 1 aromatic rings. The van der Waals surface area contributed by atoms with Crippen molar-refractivity contribution in [3.05, 3.63) is 22.7 Å². The number of ether oxygens (including phenoxy) is 1. The minimum atomic E-state index is -3.22. The highest BCUT2D eigenvalue weighted by atomic mass is 79.9. The van der Waals surface area contributed by atoms with Gasteiger partial charge in [0.1, 0.15) is 12.4 Å². The third-order valence-electron chi connectivity index (χ3n) is 2.14. The molecule has 1 aliphatic rings. The van der Waals surface area contributed by atoms with Gasteiger partial charge in [0.15, 0.2) is 0 Å². The number of benzene rings is 1. The maximum Gasteiger partial charge on any atom is 0.232 e. The number of rotatable bonds is 1. The molecule has 0 saturated heterocycles. The van der Waals surface area contributed by atoms with E-state index in [1.165, 1.54) is 10.6 Å². The Morgan fingerprint density at radius 1 is 1.47 bits per heavy atom. The highest BCUT2D eigenvalue weighted by Gasteiger charge is 2.24. The molecular formula is C9H10BrNO3S. The second-order valence-corrected chi connectivity index (χ2v) is 6.12. The van der Waals surface area contributed by atoms with Gasteiger partial charge in [-0.3, -0.25) is 4.31 Å². The molecule has 1 aliphatic heterocycles. The fourth-order valence-electron chi connectivity index (χ4n) is 1.51. The molecule has 0 unspecified atom stereocenters. The van der Waals surface area contributed by atoms with Crippen LogP contribution in [0.15, 0.2) is 22.7 Å². The molecule has 1 heterocycles. The minimum Gasteiger partial charge on any atom is -0.489 e. The van der Waals surface area contributed by atoms with Crippen LogP contribution in [0.5, 0.6) is 5.75 Å². The van der Waals surface area contributed by atoms with Gasteiger partial charge in [-0.15, -0.1) is 0 Å². The van der Waals surface area contributed by atoms with Crippen molar-refractivity contribution in [1.29, 1.82) is 0 Å². The Morgan fingerprint density at radius 3 is 2.87 bits per heavy atom. The maximum atomic E-state index is 11.5. The van der Waals surface area contributed by atoms with Gasteiger partial charge in [-0.25, -0.2) is 8.42 Å². The molecule has 0 aliphatic carbocycles. The number of fused-ring (bicyclic) bond motifs is 1. The average molecular weight is 292 g/mol. The summed E-state index contributed by atoms with van der Waals surface area (Å²) in [5.41, 5.74) is 0.595. The molecule has 0 atom stereocenters. The van der Waals surface area contributed by atoms with Crippen LogP contribution in [0.1, 0.15) is 0 Å². The molecule has 4 nitrogen and oxygen atoms in total. The van der Waals surface area contributed by atoms with Gasteiger partial charge in [0.2, 0.25) is 10.0 Å². The molecule has 2 rings (SSSR count). The normalized spacial score (nSPS) is 15.7. The van der Waals surface area contributed by atoms with E-state index in [9.17, 15) is 8.42 Å². The van der Waals surface area contributed by atoms with Gasteiger partial charge < -0.3 is 4.74 Å². The first-order chi connectivity index (χ1) is 6.98. The largest absolute Gasteiger partial charge is 0.489 e. The molecule has 15 heavy (non-hydrogen) atoms. The van der Waals surface area contributed by atoms with Gasteiger partial charge in [0, 0.05) is 4.47 Å². The average Bonchev–Trinajstić information content (AvgIpc) is 2.15. The van der Waals surface area contributed by atoms with Gasteiger partial charge in [-0.05, 0) is 18.2 Å². The second kappa shape index (κ2) is 3.68. The summed E-state index contributed by atoms with van der Waals surface area (Å²) in [6.07, 6.45) is 1.20. The van der Waals surface area contributed by atoms with Crippen LogP contribution < -0.4 is 9.04 Å². The molecule has 0 fully saturated rings. The summed E-state index contributed by atoms with van der Waals surface area (Å²) in [5.74, 6) is 0.606. The Kier molecular flexibility index (Phi) is 2.64. The van der Waals surface area contributed by atoms with E-state index in [0.717, 1.165) is 4.47 Å².